The van der Waals surface area contributed by atoms with Crippen molar-refractivity contribution < 1.29 is 9.53 Å². The summed E-state index contributed by atoms with van der Waals surface area (Å²) in [6.07, 6.45) is 2.42. The zero-order valence-electron chi connectivity index (χ0n) is 12.1. The molecule has 0 aliphatic heterocycles. The van der Waals surface area contributed by atoms with Crippen molar-refractivity contribution in [1.82, 2.24) is 4.57 Å². The molecule has 0 radical (unpaired) electrons. The van der Waals surface area contributed by atoms with E-state index in [1.54, 1.807) is 0 Å². The fraction of sp³-hybridized carbons (Fsp3) is 0.438. The van der Waals surface area contributed by atoms with Crippen molar-refractivity contribution >= 4 is 40.1 Å². The summed E-state index contributed by atoms with van der Waals surface area (Å²) >= 11 is 12.3. The quantitative estimate of drug-likeness (QED) is 0.776. The minimum Gasteiger partial charge on any atom is -0.466 e. The van der Waals surface area contributed by atoms with E-state index in [0.29, 0.717) is 23.1 Å². The first-order valence-corrected chi connectivity index (χ1v) is 7.90. The van der Waals surface area contributed by atoms with Crippen LogP contribution in [0.25, 0.3) is 10.9 Å². The van der Waals surface area contributed by atoms with E-state index in [-0.39, 0.29) is 11.9 Å². The first kappa shape index (κ1) is 14.7. The number of esters is 1. The largest absolute Gasteiger partial charge is 0.466 e. The van der Waals surface area contributed by atoms with Gasteiger partial charge in [0.15, 0.2) is 0 Å². The molecule has 1 aromatic heterocycles. The Kier molecular flexibility index (Phi) is 3.89. The van der Waals surface area contributed by atoms with Gasteiger partial charge >= 0.3 is 5.97 Å². The van der Waals surface area contributed by atoms with Gasteiger partial charge in [0.1, 0.15) is 0 Å². The van der Waals surface area contributed by atoms with Gasteiger partial charge < -0.3 is 9.30 Å². The van der Waals surface area contributed by atoms with E-state index in [9.17, 15) is 4.79 Å². The van der Waals surface area contributed by atoms with Gasteiger partial charge in [-0.05, 0) is 43.9 Å². The average Bonchev–Trinajstić information content (AvgIpc) is 2.73. The Labute approximate surface area is 133 Å². The summed E-state index contributed by atoms with van der Waals surface area (Å²) in [6, 6.07) is 3.81. The van der Waals surface area contributed by atoms with Crippen molar-refractivity contribution in [2.24, 2.45) is 13.0 Å². The van der Waals surface area contributed by atoms with Crippen LogP contribution in [-0.2, 0) is 29.4 Å². The summed E-state index contributed by atoms with van der Waals surface area (Å²) in [7, 11) is 2.04. The monoisotopic (exact) mass is 325 g/mol. The molecule has 112 valence electrons. The second kappa shape index (κ2) is 5.54. The number of hydrogen-bond donors (Lipinski definition) is 0. The van der Waals surface area contributed by atoms with E-state index in [4.69, 9.17) is 27.9 Å². The number of aromatic nitrogens is 1. The van der Waals surface area contributed by atoms with E-state index >= 15 is 0 Å². The van der Waals surface area contributed by atoms with Crippen LogP contribution in [-0.4, -0.2) is 17.1 Å². The molecule has 2 aromatic rings. The van der Waals surface area contributed by atoms with E-state index in [1.165, 1.54) is 11.3 Å². The fourth-order valence-electron chi connectivity index (χ4n) is 3.23. The van der Waals surface area contributed by atoms with Crippen molar-refractivity contribution in [2.75, 3.05) is 6.61 Å². The van der Waals surface area contributed by atoms with Gasteiger partial charge in [0.2, 0.25) is 0 Å². The van der Waals surface area contributed by atoms with Crippen molar-refractivity contribution in [3.63, 3.8) is 0 Å². The highest BCUT2D eigenvalue weighted by atomic mass is 35.5. The van der Waals surface area contributed by atoms with Crippen LogP contribution in [0.3, 0.4) is 0 Å². The summed E-state index contributed by atoms with van der Waals surface area (Å²) < 4.78 is 7.33. The van der Waals surface area contributed by atoms with E-state index in [2.05, 4.69) is 4.57 Å². The lowest BCUT2D eigenvalue weighted by molar-refractivity contribution is -0.148. The molecule has 1 aromatic carbocycles. The summed E-state index contributed by atoms with van der Waals surface area (Å²) in [5.41, 5.74) is 3.54. The Morgan fingerprint density at radius 2 is 2.10 bits per heavy atom. The number of fused-ring (bicyclic) bond motifs is 3. The van der Waals surface area contributed by atoms with Crippen molar-refractivity contribution in [3.8, 4) is 0 Å². The molecule has 1 aliphatic rings. The number of hydrogen-bond acceptors (Lipinski definition) is 2. The Hall–Kier alpha value is -1.19. The smallest absolute Gasteiger partial charge is 0.309 e. The molecule has 3 nitrogen and oxygen atoms in total. The van der Waals surface area contributed by atoms with Gasteiger partial charge in [-0.3, -0.25) is 4.79 Å². The number of halogens is 2. The van der Waals surface area contributed by atoms with Gasteiger partial charge in [0.25, 0.3) is 0 Å². The normalized spacial score (nSPS) is 17.8. The van der Waals surface area contributed by atoms with Crippen molar-refractivity contribution in [1.29, 1.82) is 0 Å². The topological polar surface area (TPSA) is 31.2 Å². The molecule has 3 rings (SSSR count). The maximum absolute atomic E-state index is 12.0. The van der Waals surface area contributed by atoms with Crippen LogP contribution in [0.2, 0.25) is 10.0 Å². The number of ether oxygens (including phenoxy) is 1. The molecule has 1 aliphatic carbocycles. The predicted octanol–water partition coefficient (Wildman–Crippen LogP) is 4.15. The third-order valence-corrected chi connectivity index (χ3v) is 5.00. The Balaban J connectivity index is 2.07. The van der Waals surface area contributed by atoms with Gasteiger partial charge in [-0.1, -0.05) is 23.2 Å². The summed E-state index contributed by atoms with van der Waals surface area (Å²) in [6.45, 7) is 2.27. The van der Waals surface area contributed by atoms with Crippen LogP contribution in [0.4, 0.5) is 0 Å². The zero-order chi connectivity index (χ0) is 15.1. The van der Waals surface area contributed by atoms with Gasteiger partial charge in [0.05, 0.1) is 22.6 Å². The molecule has 0 saturated heterocycles. The molecule has 1 unspecified atom stereocenters. The van der Waals surface area contributed by atoms with Gasteiger partial charge in [-0.15, -0.1) is 0 Å². The third kappa shape index (κ3) is 2.43. The van der Waals surface area contributed by atoms with Gasteiger partial charge in [-0.25, -0.2) is 0 Å². The average molecular weight is 326 g/mol. The van der Waals surface area contributed by atoms with Crippen LogP contribution in [0.5, 0.6) is 0 Å². The predicted molar refractivity (Wildman–Crippen MR) is 85.1 cm³/mol. The van der Waals surface area contributed by atoms with Gasteiger partial charge in [0, 0.05) is 23.6 Å². The van der Waals surface area contributed by atoms with E-state index in [1.807, 2.05) is 26.1 Å². The molecule has 0 saturated carbocycles. The Bertz CT molecular complexity index is 721. The van der Waals surface area contributed by atoms with Gasteiger partial charge in [-0.2, -0.15) is 0 Å². The number of nitrogens with zero attached hydrogens (tertiary/aromatic N) is 1. The Morgan fingerprint density at radius 1 is 1.38 bits per heavy atom. The number of carbonyl (C=O) groups is 1. The molecule has 0 spiro atoms. The second-order valence-corrected chi connectivity index (χ2v) is 6.27. The van der Waals surface area contributed by atoms with Crippen LogP contribution >= 0.6 is 23.2 Å². The van der Waals surface area contributed by atoms with Crippen molar-refractivity contribution in [2.45, 2.75) is 26.2 Å². The molecule has 0 N–H and O–H groups in total. The maximum Gasteiger partial charge on any atom is 0.309 e. The molecule has 1 heterocycles. The molecule has 21 heavy (non-hydrogen) atoms. The highest BCUT2D eigenvalue weighted by molar-refractivity contribution is 6.42. The molecule has 1 atom stereocenters. The first-order valence-electron chi connectivity index (χ1n) is 7.14. The summed E-state index contributed by atoms with van der Waals surface area (Å²) in [5.74, 6) is -0.155. The van der Waals surface area contributed by atoms with Crippen LogP contribution in [0, 0.1) is 5.92 Å². The summed E-state index contributed by atoms with van der Waals surface area (Å²) in [5, 5.41) is 2.20. The fourth-order valence-corrected chi connectivity index (χ4v) is 3.55. The minimum atomic E-state index is -0.0970. The molecule has 0 amide bonds. The van der Waals surface area contributed by atoms with E-state index in [0.717, 1.165) is 23.7 Å². The van der Waals surface area contributed by atoms with Crippen molar-refractivity contribution in [3.05, 3.63) is 33.4 Å². The lowest BCUT2D eigenvalue weighted by Crippen LogP contribution is -2.25. The lowest BCUT2D eigenvalue weighted by Gasteiger charge is -2.21. The van der Waals surface area contributed by atoms with Crippen LogP contribution in [0.1, 0.15) is 24.6 Å². The SMILES string of the molecule is CCOC(=O)C1CCc2c(c3cc(Cl)c(Cl)cc3n2C)C1. The zero-order valence-corrected chi connectivity index (χ0v) is 13.6. The number of rotatable bonds is 2. The second-order valence-electron chi connectivity index (χ2n) is 5.46. The molecule has 5 heteroatoms. The number of benzene rings is 1. The Morgan fingerprint density at radius 3 is 2.81 bits per heavy atom. The highest BCUT2D eigenvalue weighted by Crippen LogP contribution is 2.37. The molecular formula is C16H17Cl2NO2. The minimum absolute atomic E-state index is 0.0579. The number of aryl methyl sites for hydroxylation is 1. The third-order valence-electron chi connectivity index (χ3n) is 4.28. The standard InChI is InChI=1S/C16H17Cl2NO2/c1-3-21-16(20)9-4-5-14-10(6-9)11-7-12(17)13(18)8-15(11)19(14)2/h7-9H,3-6H2,1-2H3. The lowest BCUT2D eigenvalue weighted by atomic mass is 9.86. The number of carbonyl (C=O) groups excluding carboxylic acids is 1. The first-order chi connectivity index (χ1) is 10.0. The molecular weight excluding hydrogens is 309 g/mol. The maximum atomic E-state index is 12.0. The highest BCUT2D eigenvalue weighted by Gasteiger charge is 2.29. The van der Waals surface area contributed by atoms with Crippen LogP contribution < -0.4 is 0 Å². The van der Waals surface area contributed by atoms with E-state index < -0.39 is 0 Å². The molecule has 0 fully saturated rings. The summed E-state index contributed by atoms with van der Waals surface area (Å²) in [4.78, 5) is 12.0. The molecule has 0 bridgehead atoms. The van der Waals surface area contributed by atoms with Crippen LogP contribution in [0.15, 0.2) is 12.1 Å².